The van der Waals surface area contributed by atoms with E-state index in [0.29, 0.717) is 0 Å². The maximum absolute atomic E-state index is 5.10. The molecule has 1 aromatic heterocycles. The van der Waals surface area contributed by atoms with Gasteiger partial charge in [-0.05, 0) is 24.3 Å². The molecule has 0 radical (unpaired) electrons. The molecule has 0 unspecified atom stereocenters. The second kappa shape index (κ2) is 5.55. The van der Waals surface area contributed by atoms with Crippen molar-refractivity contribution in [3.05, 3.63) is 36.7 Å². The first kappa shape index (κ1) is 11.0. The molecule has 0 atom stereocenters. The molecule has 0 fully saturated rings. The minimum Gasteiger partial charge on any atom is -0.497 e. The van der Waals surface area contributed by atoms with Gasteiger partial charge in [0.2, 0.25) is 0 Å². The fraction of sp³-hybridized carbons (Fsp3) is 0.273. The molecule has 0 spiro atoms. The molecule has 16 heavy (non-hydrogen) atoms. The normalized spacial score (nSPS) is 10.3. The molecule has 84 valence electrons. The number of rotatable bonds is 5. The van der Waals surface area contributed by atoms with Crippen LogP contribution in [0.4, 0.5) is 0 Å². The summed E-state index contributed by atoms with van der Waals surface area (Å²) < 4.78 is 6.93. The minimum atomic E-state index is 0.872. The summed E-state index contributed by atoms with van der Waals surface area (Å²) in [7, 11) is 1.67. The Morgan fingerprint density at radius 2 is 2.12 bits per heavy atom. The predicted octanol–water partition coefficient (Wildman–Crippen LogP) is 2.08. The van der Waals surface area contributed by atoms with Crippen molar-refractivity contribution in [1.29, 1.82) is 0 Å². The predicted molar refractivity (Wildman–Crippen MR) is 63.7 cm³/mol. The molecule has 5 heteroatoms. The largest absolute Gasteiger partial charge is 0.497 e. The van der Waals surface area contributed by atoms with Crippen molar-refractivity contribution in [2.45, 2.75) is 11.4 Å². The Balaban J connectivity index is 1.81. The van der Waals surface area contributed by atoms with Crippen LogP contribution in [0.15, 0.2) is 41.6 Å². The van der Waals surface area contributed by atoms with Gasteiger partial charge < -0.3 is 4.74 Å². The molecule has 2 rings (SSSR count). The summed E-state index contributed by atoms with van der Waals surface area (Å²) in [6.45, 7) is 0.872. The lowest BCUT2D eigenvalue weighted by atomic mass is 10.3. The Morgan fingerprint density at radius 3 is 2.75 bits per heavy atom. The van der Waals surface area contributed by atoms with Gasteiger partial charge in [-0.2, -0.15) is 0 Å². The van der Waals surface area contributed by atoms with Gasteiger partial charge in [-0.25, -0.2) is 0 Å². The molecule has 0 saturated heterocycles. The van der Waals surface area contributed by atoms with Gasteiger partial charge in [0.1, 0.15) is 5.75 Å². The third-order valence-corrected chi connectivity index (χ3v) is 3.11. The topological polar surface area (TPSA) is 39.9 Å². The second-order valence-electron chi connectivity index (χ2n) is 3.19. The van der Waals surface area contributed by atoms with Crippen LogP contribution in [0.1, 0.15) is 0 Å². The van der Waals surface area contributed by atoms with Crippen LogP contribution in [0.3, 0.4) is 0 Å². The molecule has 1 heterocycles. The van der Waals surface area contributed by atoms with Crippen molar-refractivity contribution in [1.82, 2.24) is 15.0 Å². The number of hydrogen-bond donors (Lipinski definition) is 0. The molecule has 0 N–H and O–H groups in total. The highest BCUT2D eigenvalue weighted by Gasteiger charge is 1.96. The monoisotopic (exact) mass is 235 g/mol. The minimum absolute atomic E-state index is 0.872. The lowest BCUT2D eigenvalue weighted by Crippen LogP contribution is -2.00. The van der Waals surface area contributed by atoms with E-state index < -0.39 is 0 Å². The number of ether oxygens (including phenoxy) is 1. The van der Waals surface area contributed by atoms with Crippen LogP contribution in [0, 0.1) is 0 Å². The number of methoxy groups -OCH3 is 1. The molecule has 4 nitrogen and oxygen atoms in total. The molecular formula is C11H13N3OS. The van der Waals surface area contributed by atoms with Gasteiger partial charge in [-0.3, -0.25) is 4.68 Å². The fourth-order valence-electron chi connectivity index (χ4n) is 1.28. The average Bonchev–Trinajstić information content (AvgIpc) is 2.83. The standard InChI is InChI=1S/C11H13N3OS/c1-15-10-2-4-11(5-3-10)16-9-8-14-7-6-12-13-14/h2-7H,8-9H2,1H3. The van der Waals surface area contributed by atoms with Crippen LogP contribution in [0.5, 0.6) is 5.75 Å². The average molecular weight is 235 g/mol. The van der Waals surface area contributed by atoms with Crippen LogP contribution < -0.4 is 4.74 Å². The summed E-state index contributed by atoms with van der Waals surface area (Å²) in [4.78, 5) is 1.24. The van der Waals surface area contributed by atoms with Crippen molar-refractivity contribution < 1.29 is 4.74 Å². The molecule has 0 bridgehead atoms. The third kappa shape index (κ3) is 3.00. The van der Waals surface area contributed by atoms with Crippen molar-refractivity contribution >= 4 is 11.8 Å². The Kier molecular flexibility index (Phi) is 3.82. The maximum Gasteiger partial charge on any atom is 0.118 e. The molecule has 1 aromatic carbocycles. The number of benzene rings is 1. The molecule has 0 aliphatic rings. The molecule has 2 aromatic rings. The summed E-state index contributed by atoms with van der Waals surface area (Å²) >= 11 is 1.79. The van der Waals surface area contributed by atoms with E-state index in [9.17, 15) is 0 Å². The third-order valence-electron chi connectivity index (χ3n) is 2.12. The number of aryl methyl sites for hydroxylation is 1. The van der Waals surface area contributed by atoms with E-state index in [1.165, 1.54) is 4.90 Å². The number of nitrogens with zero attached hydrogens (tertiary/aromatic N) is 3. The summed E-state index contributed by atoms with van der Waals surface area (Å²) in [5.74, 6) is 1.87. The van der Waals surface area contributed by atoms with Crippen LogP contribution in [0.2, 0.25) is 0 Å². The van der Waals surface area contributed by atoms with Crippen molar-refractivity contribution in [3.63, 3.8) is 0 Å². The van der Waals surface area contributed by atoms with Crippen LogP contribution >= 0.6 is 11.8 Å². The summed E-state index contributed by atoms with van der Waals surface area (Å²) in [6.07, 6.45) is 3.56. The molecule has 0 saturated carbocycles. The van der Waals surface area contributed by atoms with Gasteiger partial charge in [-0.1, -0.05) is 5.21 Å². The Labute approximate surface area is 98.6 Å². The molecule has 0 aliphatic carbocycles. The smallest absolute Gasteiger partial charge is 0.118 e. The van der Waals surface area contributed by atoms with Crippen LogP contribution in [-0.4, -0.2) is 27.9 Å². The first-order valence-electron chi connectivity index (χ1n) is 4.99. The van der Waals surface area contributed by atoms with E-state index in [-0.39, 0.29) is 0 Å². The highest BCUT2D eigenvalue weighted by Crippen LogP contribution is 2.21. The lowest BCUT2D eigenvalue weighted by molar-refractivity contribution is 0.414. The Morgan fingerprint density at radius 1 is 1.31 bits per heavy atom. The number of thioether (sulfide) groups is 1. The first-order chi connectivity index (χ1) is 7.88. The second-order valence-corrected chi connectivity index (χ2v) is 4.36. The lowest BCUT2D eigenvalue weighted by Gasteiger charge is -2.03. The summed E-state index contributed by atoms with van der Waals surface area (Å²) in [5, 5.41) is 7.67. The highest BCUT2D eigenvalue weighted by atomic mass is 32.2. The van der Waals surface area contributed by atoms with Gasteiger partial charge in [0.15, 0.2) is 0 Å². The fourth-order valence-corrected chi connectivity index (χ4v) is 2.12. The van der Waals surface area contributed by atoms with Crippen molar-refractivity contribution in [2.24, 2.45) is 0 Å². The zero-order chi connectivity index (χ0) is 11.2. The van der Waals surface area contributed by atoms with E-state index in [4.69, 9.17) is 4.74 Å². The van der Waals surface area contributed by atoms with Gasteiger partial charge in [0.05, 0.1) is 19.9 Å². The van der Waals surface area contributed by atoms with Gasteiger partial charge in [0, 0.05) is 16.8 Å². The molecule has 0 amide bonds. The SMILES string of the molecule is COc1ccc(SCCn2ccnn2)cc1. The Bertz CT molecular complexity index is 413. The van der Waals surface area contributed by atoms with Crippen molar-refractivity contribution in [3.8, 4) is 5.75 Å². The van der Waals surface area contributed by atoms with E-state index in [1.807, 2.05) is 23.0 Å². The van der Waals surface area contributed by atoms with Crippen molar-refractivity contribution in [2.75, 3.05) is 12.9 Å². The zero-order valence-corrected chi connectivity index (χ0v) is 9.85. The Hall–Kier alpha value is -1.49. The van der Waals surface area contributed by atoms with Gasteiger partial charge >= 0.3 is 0 Å². The summed E-state index contributed by atoms with van der Waals surface area (Å²) in [6, 6.07) is 8.06. The summed E-state index contributed by atoms with van der Waals surface area (Å²) in [5.41, 5.74) is 0. The first-order valence-corrected chi connectivity index (χ1v) is 5.98. The van der Waals surface area contributed by atoms with E-state index in [2.05, 4.69) is 22.4 Å². The van der Waals surface area contributed by atoms with Crippen LogP contribution in [0.25, 0.3) is 0 Å². The zero-order valence-electron chi connectivity index (χ0n) is 9.04. The van der Waals surface area contributed by atoms with Gasteiger partial charge in [-0.15, -0.1) is 16.9 Å². The number of hydrogen-bond acceptors (Lipinski definition) is 4. The highest BCUT2D eigenvalue weighted by molar-refractivity contribution is 7.99. The van der Waals surface area contributed by atoms with E-state index >= 15 is 0 Å². The molecule has 0 aliphatic heterocycles. The van der Waals surface area contributed by atoms with Crippen LogP contribution in [-0.2, 0) is 6.54 Å². The molecular weight excluding hydrogens is 222 g/mol. The van der Waals surface area contributed by atoms with E-state index in [0.717, 1.165) is 18.0 Å². The van der Waals surface area contributed by atoms with Gasteiger partial charge in [0.25, 0.3) is 0 Å². The van der Waals surface area contributed by atoms with E-state index in [1.54, 1.807) is 25.1 Å². The quantitative estimate of drug-likeness (QED) is 0.744. The maximum atomic E-state index is 5.10. The number of aromatic nitrogens is 3.